The number of ether oxygens (including phenoxy) is 1. The van der Waals surface area contributed by atoms with E-state index in [4.69, 9.17) is 4.74 Å². The van der Waals surface area contributed by atoms with E-state index in [0.717, 1.165) is 6.54 Å². The molecule has 2 N–H and O–H groups in total. The van der Waals surface area contributed by atoms with Gasteiger partial charge in [0.2, 0.25) is 5.91 Å². The van der Waals surface area contributed by atoms with E-state index in [9.17, 15) is 4.79 Å². The van der Waals surface area contributed by atoms with Crippen molar-refractivity contribution in [2.75, 3.05) is 19.8 Å². The molecule has 0 bridgehead atoms. The molecule has 1 heterocycles. The highest BCUT2D eigenvalue weighted by Crippen LogP contribution is 2.27. The first-order valence-corrected chi connectivity index (χ1v) is 7.34. The molecule has 1 saturated carbocycles. The number of carbonyl (C=O) groups is 1. The third kappa shape index (κ3) is 3.23. The van der Waals surface area contributed by atoms with E-state index < -0.39 is 0 Å². The summed E-state index contributed by atoms with van der Waals surface area (Å²) in [5, 5.41) is 6.53. The summed E-state index contributed by atoms with van der Waals surface area (Å²) in [6.07, 6.45) is 5.16. The van der Waals surface area contributed by atoms with Gasteiger partial charge in [-0.2, -0.15) is 0 Å². The Morgan fingerprint density at radius 2 is 2.06 bits per heavy atom. The van der Waals surface area contributed by atoms with E-state index >= 15 is 0 Å². The Morgan fingerprint density at radius 3 is 2.72 bits per heavy atom. The Hall–Kier alpha value is -0.610. The van der Waals surface area contributed by atoms with Gasteiger partial charge in [-0.05, 0) is 32.2 Å². The Balaban J connectivity index is 1.82. The molecule has 4 heteroatoms. The highest BCUT2D eigenvalue weighted by Gasteiger charge is 2.34. The van der Waals surface area contributed by atoms with Crippen LogP contribution >= 0.6 is 0 Å². The molecule has 1 aliphatic carbocycles. The standard InChI is InChI=1S/C14H26N2O2/c1-3-15-13-9-18-8-12(13)14(17)16-10(2)11-6-4-5-7-11/h10-13,15H,3-9H2,1-2H3,(H,16,17)/t10-,12?,13?/m1/s1. The van der Waals surface area contributed by atoms with E-state index in [2.05, 4.69) is 24.5 Å². The van der Waals surface area contributed by atoms with Gasteiger partial charge in [0, 0.05) is 12.1 Å². The van der Waals surface area contributed by atoms with Crippen LogP contribution in [-0.2, 0) is 9.53 Å². The molecule has 2 fully saturated rings. The first-order chi connectivity index (χ1) is 8.72. The zero-order chi connectivity index (χ0) is 13.0. The summed E-state index contributed by atoms with van der Waals surface area (Å²) >= 11 is 0. The molecule has 104 valence electrons. The SMILES string of the molecule is CCNC1COCC1C(=O)N[C@H](C)C1CCCC1. The van der Waals surface area contributed by atoms with E-state index in [1.807, 2.05) is 0 Å². The van der Waals surface area contributed by atoms with Crippen LogP contribution in [0.4, 0.5) is 0 Å². The molecule has 0 spiro atoms. The molecule has 0 aromatic rings. The van der Waals surface area contributed by atoms with Gasteiger partial charge in [-0.25, -0.2) is 0 Å². The minimum Gasteiger partial charge on any atom is -0.379 e. The van der Waals surface area contributed by atoms with E-state index in [1.54, 1.807) is 0 Å². The number of hydrogen-bond donors (Lipinski definition) is 2. The number of carbonyl (C=O) groups excluding carboxylic acids is 1. The first kappa shape index (κ1) is 13.8. The van der Waals surface area contributed by atoms with Crippen molar-refractivity contribution >= 4 is 5.91 Å². The summed E-state index contributed by atoms with van der Waals surface area (Å²) in [5.74, 6) is 0.820. The maximum atomic E-state index is 12.3. The molecule has 1 amide bonds. The summed E-state index contributed by atoms with van der Waals surface area (Å²) in [4.78, 5) is 12.3. The smallest absolute Gasteiger partial charge is 0.227 e. The fourth-order valence-corrected chi connectivity index (χ4v) is 3.18. The molecule has 2 aliphatic rings. The second-order valence-electron chi connectivity index (χ2n) is 5.65. The van der Waals surface area contributed by atoms with Crippen molar-refractivity contribution in [3.05, 3.63) is 0 Å². The highest BCUT2D eigenvalue weighted by molar-refractivity contribution is 5.80. The molecular formula is C14H26N2O2. The maximum Gasteiger partial charge on any atom is 0.227 e. The Morgan fingerprint density at radius 1 is 1.33 bits per heavy atom. The minimum absolute atomic E-state index is 0.0196. The summed E-state index contributed by atoms with van der Waals surface area (Å²) in [6, 6.07) is 0.494. The summed E-state index contributed by atoms with van der Waals surface area (Å²) in [6.45, 7) is 6.31. The van der Waals surface area contributed by atoms with Gasteiger partial charge in [-0.15, -0.1) is 0 Å². The fraction of sp³-hybridized carbons (Fsp3) is 0.929. The molecule has 4 nitrogen and oxygen atoms in total. The number of likely N-dealkylation sites (N-methyl/N-ethyl adjacent to an activating group) is 1. The molecule has 0 radical (unpaired) electrons. The molecule has 1 saturated heterocycles. The number of amides is 1. The molecule has 1 aliphatic heterocycles. The van der Waals surface area contributed by atoms with Crippen LogP contribution in [0.2, 0.25) is 0 Å². The Kier molecular flexibility index (Phi) is 5.01. The third-order valence-electron chi connectivity index (χ3n) is 4.36. The van der Waals surface area contributed by atoms with Crippen molar-refractivity contribution in [2.24, 2.45) is 11.8 Å². The molecule has 2 rings (SSSR count). The first-order valence-electron chi connectivity index (χ1n) is 7.34. The highest BCUT2D eigenvalue weighted by atomic mass is 16.5. The predicted molar refractivity (Wildman–Crippen MR) is 71.3 cm³/mol. The van der Waals surface area contributed by atoms with Crippen LogP contribution in [-0.4, -0.2) is 37.7 Å². The van der Waals surface area contributed by atoms with Crippen LogP contribution in [0.15, 0.2) is 0 Å². The topological polar surface area (TPSA) is 50.4 Å². The Labute approximate surface area is 110 Å². The molecule has 3 atom stereocenters. The molecule has 0 aromatic heterocycles. The summed E-state index contributed by atoms with van der Waals surface area (Å²) in [7, 11) is 0. The van der Waals surface area contributed by atoms with E-state index in [0.29, 0.717) is 25.2 Å². The van der Waals surface area contributed by atoms with Crippen molar-refractivity contribution in [3.8, 4) is 0 Å². The Bertz CT molecular complexity index is 277. The van der Waals surface area contributed by atoms with Crippen molar-refractivity contribution in [1.82, 2.24) is 10.6 Å². The summed E-state index contributed by atoms with van der Waals surface area (Å²) < 4.78 is 5.43. The van der Waals surface area contributed by atoms with Crippen molar-refractivity contribution < 1.29 is 9.53 Å². The van der Waals surface area contributed by atoms with E-state index in [-0.39, 0.29) is 17.9 Å². The lowest BCUT2D eigenvalue weighted by Crippen LogP contribution is -2.47. The van der Waals surface area contributed by atoms with Gasteiger partial charge in [-0.1, -0.05) is 19.8 Å². The van der Waals surface area contributed by atoms with Crippen molar-refractivity contribution in [3.63, 3.8) is 0 Å². The predicted octanol–water partition coefficient (Wildman–Crippen LogP) is 1.31. The lowest BCUT2D eigenvalue weighted by molar-refractivity contribution is -0.126. The lowest BCUT2D eigenvalue weighted by atomic mass is 9.97. The molecule has 2 unspecified atom stereocenters. The van der Waals surface area contributed by atoms with Crippen LogP contribution in [0.1, 0.15) is 39.5 Å². The zero-order valence-electron chi connectivity index (χ0n) is 11.6. The van der Waals surface area contributed by atoms with Crippen LogP contribution in [0.3, 0.4) is 0 Å². The van der Waals surface area contributed by atoms with E-state index in [1.165, 1.54) is 25.7 Å². The monoisotopic (exact) mass is 254 g/mol. The summed E-state index contributed by atoms with van der Waals surface area (Å²) in [5.41, 5.74) is 0. The van der Waals surface area contributed by atoms with Gasteiger partial charge in [0.25, 0.3) is 0 Å². The minimum atomic E-state index is -0.0196. The van der Waals surface area contributed by atoms with Crippen molar-refractivity contribution in [1.29, 1.82) is 0 Å². The number of rotatable bonds is 5. The van der Waals surface area contributed by atoms with Crippen LogP contribution < -0.4 is 10.6 Å². The van der Waals surface area contributed by atoms with Crippen molar-refractivity contribution in [2.45, 2.75) is 51.6 Å². The zero-order valence-corrected chi connectivity index (χ0v) is 11.6. The lowest BCUT2D eigenvalue weighted by Gasteiger charge is -2.24. The quantitative estimate of drug-likeness (QED) is 0.777. The van der Waals surface area contributed by atoms with Gasteiger partial charge in [0.1, 0.15) is 0 Å². The van der Waals surface area contributed by atoms with Gasteiger partial charge >= 0.3 is 0 Å². The largest absolute Gasteiger partial charge is 0.379 e. The third-order valence-corrected chi connectivity index (χ3v) is 4.36. The molecule has 0 aromatic carbocycles. The maximum absolute atomic E-state index is 12.3. The average molecular weight is 254 g/mol. The van der Waals surface area contributed by atoms with Gasteiger partial charge in [-0.3, -0.25) is 4.79 Å². The van der Waals surface area contributed by atoms with Crippen LogP contribution in [0.25, 0.3) is 0 Å². The van der Waals surface area contributed by atoms with Crippen LogP contribution in [0, 0.1) is 11.8 Å². The molecular weight excluding hydrogens is 228 g/mol. The number of nitrogens with one attached hydrogen (secondary N) is 2. The van der Waals surface area contributed by atoms with Gasteiger partial charge < -0.3 is 15.4 Å². The van der Waals surface area contributed by atoms with Crippen LogP contribution in [0.5, 0.6) is 0 Å². The fourth-order valence-electron chi connectivity index (χ4n) is 3.18. The van der Waals surface area contributed by atoms with Gasteiger partial charge in [0.15, 0.2) is 0 Å². The normalized spacial score (nSPS) is 30.6. The second kappa shape index (κ2) is 6.53. The number of hydrogen-bond acceptors (Lipinski definition) is 3. The molecule has 18 heavy (non-hydrogen) atoms. The second-order valence-corrected chi connectivity index (χ2v) is 5.65. The van der Waals surface area contributed by atoms with Gasteiger partial charge in [0.05, 0.1) is 19.1 Å². The average Bonchev–Trinajstić information content (AvgIpc) is 3.00.